The maximum absolute atomic E-state index is 12.7. The molecular weight excluding hydrogens is 382 g/mol. The van der Waals surface area contributed by atoms with Gasteiger partial charge < -0.3 is 34.3 Å². The molecular formula is C20H19NO8. The molecule has 0 spiro atoms. The van der Waals surface area contributed by atoms with Crippen molar-refractivity contribution < 1.29 is 34.3 Å². The van der Waals surface area contributed by atoms with Gasteiger partial charge in [-0.1, -0.05) is 6.07 Å². The highest BCUT2D eigenvalue weighted by atomic mass is 16.7. The number of nitrogens with zero attached hydrogens (tertiary/aromatic N) is 1. The van der Waals surface area contributed by atoms with Gasteiger partial charge in [0.15, 0.2) is 0 Å². The van der Waals surface area contributed by atoms with E-state index < -0.39 is 37.3 Å². The smallest absolute Gasteiger partial charge is 0.229 e. The van der Waals surface area contributed by atoms with Gasteiger partial charge in [0.05, 0.1) is 23.3 Å². The minimum atomic E-state index is -1.55. The summed E-state index contributed by atoms with van der Waals surface area (Å²) >= 11 is 0. The third kappa shape index (κ3) is 3.61. The Morgan fingerprint density at radius 2 is 1.90 bits per heavy atom. The first kappa shape index (κ1) is 19.5. The molecule has 0 saturated carbocycles. The number of hydrogen-bond acceptors (Lipinski definition) is 9. The van der Waals surface area contributed by atoms with E-state index >= 15 is 0 Å². The number of rotatable bonds is 4. The van der Waals surface area contributed by atoms with Gasteiger partial charge in [0.2, 0.25) is 11.7 Å². The van der Waals surface area contributed by atoms with Crippen LogP contribution in [0, 0.1) is 0 Å². The van der Waals surface area contributed by atoms with E-state index in [1.807, 2.05) is 0 Å². The number of benzene rings is 1. The van der Waals surface area contributed by atoms with Gasteiger partial charge in [-0.05, 0) is 24.3 Å². The monoisotopic (exact) mass is 401 g/mol. The Balaban J connectivity index is 1.62. The van der Waals surface area contributed by atoms with Crippen molar-refractivity contribution in [2.75, 3.05) is 6.61 Å². The second kappa shape index (κ2) is 7.90. The predicted molar refractivity (Wildman–Crippen MR) is 100 cm³/mol. The molecule has 0 radical (unpaired) electrons. The van der Waals surface area contributed by atoms with E-state index in [9.17, 15) is 25.2 Å². The van der Waals surface area contributed by atoms with Crippen molar-refractivity contribution >= 4 is 11.0 Å². The van der Waals surface area contributed by atoms with Crippen LogP contribution in [-0.2, 0) is 4.74 Å². The van der Waals surface area contributed by atoms with Gasteiger partial charge in [-0.3, -0.25) is 9.78 Å². The van der Waals surface area contributed by atoms with E-state index in [0.717, 1.165) is 0 Å². The molecule has 1 fully saturated rings. The Kier molecular flexibility index (Phi) is 5.31. The molecule has 4 N–H and O–H groups in total. The van der Waals surface area contributed by atoms with Crippen LogP contribution in [0.25, 0.3) is 22.2 Å². The first-order valence-electron chi connectivity index (χ1n) is 8.93. The van der Waals surface area contributed by atoms with E-state index in [0.29, 0.717) is 16.6 Å². The van der Waals surface area contributed by atoms with Crippen molar-refractivity contribution in [2.24, 2.45) is 0 Å². The summed E-state index contributed by atoms with van der Waals surface area (Å²) in [5.74, 6) is 0.204. The first-order chi connectivity index (χ1) is 14.0. The maximum atomic E-state index is 12.7. The zero-order valence-electron chi connectivity index (χ0n) is 15.1. The number of pyridine rings is 1. The molecule has 9 heteroatoms. The van der Waals surface area contributed by atoms with E-state index in [1.165, 1.54) is 24.5 Å². The Hall–Kier alpha value is -2.82. The van der Waals surface area contributed by atoms with Gasteiger partial charge in [-0.25, -0.2) is 0 Å². The molecule has 3 heterocycles. The Morgan fingerprint density at radius 3 is 2.62 bits per heavy atom. The SMILES string of the molecule is O=c1c(-c2ccccn2)coc2cc(OC3OC(CO)C(O)C(O)C3O)ccc12. The lowest BCUT2D eigenvalue weighted by molar-refractivity contribution is -0.277. The average molecular weight is 401 g/mol. The molecule has 1 aromatic carbocycles. The highest BCUT2D eigenvalue weighted by Crippen LogP contribution is 2.27. The fourth-order valence-electron chi connectivity index (χ4n) is 3.18. The van der Waals surface area contributed by atoms with Gasteiger partial charge in [0.1, 0.15) is 42.0 Å². The van der Waals surface area contributed by atoms with Crippen LogP contribution in [-0.4, -0.2) is 62.7 Å². The van der Waals surface area contributed by atoms with Gasteiger partial charge in [0.25, 0.3) is 0 Å². The van der Waals surface area contributed by atoms with Crippen molar-refractivity contribution in [3.8, 4) is 17.0 Å². The lowest BCUT2D eigenvalue weighted by Crippen LogP contribution is -2.60. The van der Waals surface area contributed by atoms with Crippen LogP contribution in [0.15, 0.2) is 58.1 Å². The van der Waals surface area contributed by atoms with Crippen LogP contribution in [0.1, 0.15) is 0 Å². The zero-order valence-corrected chi connectivity index (χ0v) is 15.1. The molecule has 152 valence electrons. The number of hydrogen-bond donors (Lipinski definition) is 4. The van der Waals surface area contributed by atoms with E-state index in [2.05, 4.69) is 4.98 Å². The number of aromatic nitrogens is 1. The summed E-state index contributed by atoms with van der Waals surface area (Å²) in [4.78, 5) is 16.9. The van der Waals surface area contributed by atoms with Crippen molar-refractivity contribution in [1.82, 2.24) is 4.98 Å². The Bertz CT molecular complexity index is 1050. The van der Waals surface area contributed by atoms with Crippen molar-refractivity contribution in [3.05, 3.63) is 59.1 Å². The molecule has 4 rings (SSSR count). The standard InChI is InChI=1S/C20H19NO8/c22-8-15-17(24)18(25)19(26)20(29-15)28-10-4-5-11-14(7-10)27-9-12(16(11)23)13-3-1-2-6-21-13/h1-7,9,15,17-20,22,24-26H,8H2. The number of fused-ring (bicyclic) bond motifs is 1. The molecule has 5 atom stereocenters. The molecule has 3 aromatic rings. The van der Waals surface area contributed by atoms with Gasteiger partial charge >= 0.3 is 0 Å². The van der Waals surface area contributed by atoms with Crippen LogP contribution in [0.3, 0.4) is 0 Å². The third-order valence-electron chi connectivity index (χ3n) is 4.79. The van der Waals surface area contributed by atoms with Gasteiger partial charge in [-0.2, -0.15) is 0 Å². The Morgan fingerprint density at radius 1 is 1.07 bits per heavy atom. The lowest BCUT2D eigenvalue weighted by atomic mass is 9.99. The second-order valence-corrected chi connectivity index (χ2v) is 6.67. The summed E-state index contributed by atoms with van der Waals surface area (Å²) in [7, 11) is 0. The Labute approximate surface area is 164 Å². The molecule has 0 amide bonds. The number of aliphatic hydroxyl groups excluding tert-OH is 4. The third-order valence-corrected chi connectivity index (χ3v) is 4.79. The second-order valence-electron chi connectivity index (χ2n) is 6.67. The highest BCUT2D eigenvalue weighted by molar-refractivity contribution is 5.81. The molecule has 1 aliphatic heterocycles. The highest BCUT2D eigenvalue weighted by Gasteiger charge is 2.44. The molecule has 0 aliphatic carbocycles. The number of ether oxygens (including phenoxy) is 2. The molecule has 5 unspecified atom stereocenters. The van der Waals surface area contributed by atoms with E-state index in [4.69, 9.17) is 13.9 Å². The minimum absolute atomic E-state index is 0.204. The predicted octanol–water partition coefficient (Wildman–Crippen LogP) is 0.0337. The summed E-state index contributed by atoms with van der Waals surface area (Å²) < 4.78 is 16.4. The zero-order chi connectivity index (χ0) is 20.5. The summed E-state index contributed by atoms with van der Waals surface area (Å²) in [5, 5.41) is 39.3. The van der Waals surface area contributed by atoms with Crippen LogP contribution in [0.2, 0.25) is 0 Å². The summed E-state index contributed by atoms with van der Waals surface area (Å²) in [5.41, 5.74) is 0.798. The maximum Gasteiger partial charge on any atom is 0.229 e. The quantitative estimate of drug-likeness (QED) is 0.476. The molecule has 29 heavy (non-hydrogen) atoms. The van der Waals surface area contributed by atoms with Crippen LogP contribution in [0.4, 0.5) is 0 Å². The van der Waals surface area contributed by atoms with Crippen molar-refractivity contribution in [3.63, 3.8) is 0 Å². The molecule has 1 saturated heterocycles. The molecule has 9 nitrogen and oxygen atoms in total. The summed E-state index contributed by atoms with van der Waals surface area (Å²) in [6.45, 7) is -0.562. The largest absolute Gasteiger partial charge is 0.463 e. The summed E-state index contributed by atoms with van der Waals surface area (Å²) in [6.07, 6.45) is -4.09. The number of aliphatic hydroxyl groups is 4. The van der Waals surface area contributed by atoms with Crippen LogP contribution < -0.4 is 10.2 Å². The lowest BCUT2D eigenvalue weighted by Gasteiger charge is -2.39. The fourth-order valence-corrected chi connectivity index (χ4v) is 3.18. The minimum Gasteiger partial charge on any atom is -0.463 e. The molecule has 0 bridgehead atoms. The molecule has 1 aliphatic rings. The molecule has 2 aromatic heterocycles. The van der Waals surface area contributed by atoms with Gasteiger partial charge in [0, 0.05) is 12.3 Å². The van der Waals surface area contributed by atoms with Crippen molar-refractivity contribution in [2.45, 2.75) is 30.7 Å². The summed E-state index contributed by atoms with van der Waals surface area (Å²) in [6, 6.07) is 9.66. The van der Waals surface area contributed by atoms with Crippen molar-refractivity contribution in [1.29, 1.82) is 0 Å². The fraction of sp³-hybridized carbons (Fsp3) is 0.300. The van der Waals surface area contributed by atoms with Crippen LogP contribution in [0.5, 0.6) is 5.75 Å². The van der Waals surface area contributed by atoms with Crippen LogP contribution >= 0.6 is 0 Å². The normalized spacial score (nSPS) is 27.1. The average Bonchev–Trinajstić information content (AvgIpc) is 2.75. The van der Waals surface area contributed by atoms with Gasteiger partial charge in [-0.15, -0.1) is 0 Å². The van der Waals surface area contributed by atoms with E-state index in [-0.39, 0.29) is 16.8 Å². The topological polar surface area (TPSA) is 142 Å². The first-order valence-corrected chi connectivity index (χ1v) is 8.93. The van der Waals surface area contributed by atoms with E-state index in [1.54, 1.807) is 24.4 Å².